The molecule has 4 rings (SSSR count). The molecule has 0 radical (unpaired) electrons. The van der Waals surface area contributed by atoms with Gasteiger partial charge in [0.2, 0.25) is 11.8 Å². The molecule has 2 aromatic rings. The maximum absolute atomic E-state index is 13.8. The molecule has 8 nitrogen and oxygen atoms in total. The van der Waals surface area contributed by atoms with Gasteiger partial charge in [-0.05, 0) is 44.7 Å². The highest BCUT2D eigenvalue weighted by Gasteiger charge is 2.46. The van der Waals surface area contributed by atoms with Crippen LogP contribution < -0.4 is 0 Å². The molecular weight excluding hydrogens is 578 g/mol. The third-order valence-corrected chi connectivity index (χ3v) is 9.60. The Morgan fingerprint density at radius 3 is 2.24 bits per heavy atom. The molecule has 0 aliphatic carbocycles. The first-order chi connectivity index (χ1) is 22.0. The van der Waals surface area contributed by atoms with Gasteiger partial charge in [0.25, 0.3) is 0 Å². The Balaban J connectivity index is 1.27. The number of carbonyl (C=O) groups is 3. The lowest BCUT2D eigenvalue weighted by Gasteiger charge is -2.45. The van der Waals surface area contributed by atoms with E-state index in [1.54, 1.807) is 12.3 Å². The largest absolute Gasteiger partial charge is 0.364 e. The summed E-state index contributed by atoms with van der Waals surface area (Å²) in [5.74, 6) is -0.676. The molecule has 2 aliphatic heterocycles. The average Bonchev–Trinajstić information content (AvgIpc) is 3.52. The van der Waals surface area contributed by atoms with Crippen LogP contribution in [-0.2, 0) is 31.9 Å². The number of carbonyl (C=O) groups excluding carboxylic acids is 3. The number of unbranched alkanes of at least 4 members (excludes halogenated alkanes) is 6. The zero-order valence-corrected chi connectivity index (χ0v) is 28.9. The van der Waals surface area contributed by atoms with Crippen LogP contribution in [0.3, 0.4) is 0 Å². The van der Waals surface area contributed by atoms with Gasteiger partial charge in [-0.15, -0.1) is 0 Å². The van der Waals surface area contributed by atoms with Crippen molar-refractivity contribution in [3.8, 4) is 0 Å². The third-order valence-electron chi connectivity index (χ3n) is 9.60. The lowest BCUT2D eigenvalue weighted by atomic mass is 9.81. The molecule has 2 atom stereocenters. The van der Waals surface area contributed by atoms with E-state index in [4.69, 9.17) is 9.47 Å². The van der Waals surface area contributed by atoms with Crippen molar-refractivity contribution in [1.29, 1.82) is 0 Å². The summed E-state index contributed by atoms with van der Waals surface area (Å²) in [7, 11) is 0. The van der Waals surface area contributed by atoms with Crippen molar-refractivity contribution in [3.63, 3.8) is 0 Å². The van der Waals surface area contributed by atoms with Gasteiger partial charge in [0.05, 0.1) is 6.61 Å². The number of aromatic amines is 1. The van der Waals surface area contributed by atoms with Crippen LogP contribution in [0, 0.1) is 11.3 Å². The van der Waals surface area contributed by atoms with Crippen LogP contribution in [0.15, 0.2) is 42.6 Å². The monoisotopic (exact) mass is 635 g/mol. The molecule has 2 amide bonds. The molecule has 2 aliphatic rings. The summed E-state index contributed by atoms with van der Waals surface area (Å²) in [6, 6.07) is 12.1. The molecule has 2 saturated heterocycles. The number of H-pyrrole nitrogens is 1. The summed E-state index contributed by atoms with van der Waals surface area (Å²) in [5, 5.41) is 0. The number of nitrogens with zero attached hydrogens (tertiary/aromatic N) is 2. The van der Waals surface area contributed by atoms with Gasteiger partial charge in [0.15, 0.2) is 11.6 Å². The van der Waals surface area contributed by atoms with Crippen LogP contribution in [0.4, 0.5) is 0 Å². The number of nitrogens with one attached hydrogen (secondary N) is 1. The average molecular weight is 636 g/mol. The number of hydrogen-bond acceptors (Lipinski definition) is 5. The van der Waals surface area contributed by atoms with Crippen molar-refractivity contribution in [3.05, 3.63) is 59.4 Å². The number of hydrogen-bond donors (Lipinski definition) is 1. The Hall–Kier alpha value is -2.97. The van der Waals surface area contributed by atoms with Crippen LogP contribution in [0.25, 0.3) is 0 Å². The molecule has 3 heterocycles. The summed E-state index contributed by atoms with van der Waals surface area (Å²) in [6.45, 7) is 12.5. The van der Waals surface area contributed by atoms with Gasteiger partial charge < -0.3 is 24.3 Å². The smallest absolute Gasteiger partial charge is 0.226 e. The van der Waals surface area contributed by atoms with Crippen LogP contribution in [0.5, 0.6) is 0 Å². The fraction of sp³-hybridized carbons (Fsp3) is 0.658. The minimum atomic E-state index is -0.832. The van der Waals surface area contributed by atoms with Gasteiger partial charge in [-0.2, -0.15) is 0 Å². The van der Waals surface area contributed by atoms with Crippen molar-refractivity contribution in [2.45, 2.75) is 117 Å². The molecule has 254 valence electrons. The van der Waals surface area contributed by atoms with Gasteiger partial charge in [0, 0.05) is 61.4 Å². The van der Waals surface area contributed by atoms with E-state index in [9.17, 15) is 14.4 Å². The van der Waals surface area contributed by atoms with Crippen molar-refractivity contribution in [2.75, 3.05) is 32.8 Å². The summed E-state index contributed by atoms with van der Waals surface area (Å²) in [5.41, 5.74) is 2.06. The van der Waals surface area contributed by atoms with Gasteiger partial charge in [-0.25, -0.2) is 0 Å². The maximum Gasteiger partial charge on any atom is 0.226 e. The highest BCUT2D eigenvalue weighted by molar-refractivity contribution is 6.01. The number of rotatable bonds is 16. The summed E-state index contributed by atoms with van der Waals surface area (Å²) < 4.78 is 11.9. The lowest BCUT2D eigenvalue weighted by molar-refractivity contribution is -0.298. The van der Waals surface area contributed by atoms with E-state index < -0.39 is 17.3 Å². The molecule has 1 N–H and O–H groups in total. The number of Topliss-reactive ketones (excluding diaryl/α,β-unsaturated/α-hetero) is 1. The fourth-order valence-corrected chi connectivity index (χ4v) is 6.69. The molecule has 46 heavy (non-hydrogen) atoms. The number of piperazine rings is 1. The molecule has 0 spiro atoms. The first-order valence-electron chi connectivity index (χ1n) is 17.6. The summed E-state index contributed by atoms with van der Waals surface area (Å²) in [6.07, 6.45) is 12.2. The number of aryl methyl sites for hydroxylation is 1. The van der Waals surface area contributed by atoms with Crippen molar-refractivity contribution >= 4 is 17.6 Å². The first kappa shape index (κ1) is 35.9. The standard InChI is InChI=1S/C38H57N3O5/c1-6-7-8-9-10-11-15-18-30(27-29-16-13-12-14-17-29)36(44)41-25-23-40(24-26-41)33(42)20-19-32-31(21-22-39-32)34(43)35-37(2,3)28-45-38(4,5)46-35/h12-14,16-17,21-22,30,35,39H,6-11,15,18-20,23-28H2,1-5H3. The van der Waals surface area contributed by atoms with Gasteiger partial charge in [0.1, 0.15) is 6.10 Å². The molecule has 1 aromatic carbocycles. The number of ether oxygens (including phenoxy) is 2. The van der Waals surface area contributed by atoms with Crippen molar-refractivity contribution in [2.24, 2.45) is 11.3 Å². The van der Waals surface area contributed by atoms with E-state index in [2.05, 4.69) is 24.0 Å². The molecule has 1 aromatic heterocycles. The van der Waals surface area contributed by atoms with E-state index in [-0.39, 0.29) is 23.5 Å². The topological polar surface area (TPSA) is 91.9 Å². The third kappa shape index (κ3) is 10.0. The van der Waals surface area contributed by atoms with E-state index in [0.29, 0.717) is 51.2 Å². The number of benzene rings is 1. The highest BCUT2D eigenvalue weighted by Crippen LogP contribution is 2.37. The maximum atomic E-state index is 13.8. The second kappa shape index (κ2) is 16.7. The van der Waals surface area contributed by atoms with Crippen molar-refractivity contribution < 1.29 is 23.9 Å². The van der Waals surface area contributed by atoms with Crippen molar-refractivity contribution in [1.82, 2.24) is 14.8 Å². The van der Waals surface area contributed by atoms with Crippen LogP contribution in [0.2, 0.25) is 0 Å². The van der Waals surface area contributed by atoms with Crippen LogP contribution >= 0.6 is 0 Å². The van der Waals surface area contributed by atoms with E-state index in [0.717, 1.165) is 25.0 Å². The normalized spacial score (nSPS) is 20.0. The summed E-state index contributed by atoms with van der Waals surface area (Å²) in [4.78, 5) is 47.6. The Labute approximate surface area is 276 Å². The van der Waals surface area contributed by atoms with Gasteiger partial charge in [-0.1, -0.05) is 96.0 Å². The van der Waals surface area contributed by atoms with Crippen LogP contribution in [0.1, 0.15) is 114 Å². The predicted octanol–water partition coefficient (Wildman–Crippen LogP) is 6.98. The SMILES string of the molecule is CCCCCCCCCC(Cc1ccccc1)C(=O)N1CCN(C(=O)CCc2[nH]ccc2C(=O)C2OC(C)(C)OCC2(C)C)CC1. The Bertz CT molecular complexity index is 1260. The molecule has 0 saturated carbocycles. The zero-order valence-electron chi connectivity index (χ0n) is 28.9. The summed E-state index contributed by atoms with van der Waals surface area (Å²) >= 11 is 0. The molecule has 2 unspecified atom stereocenters. The minimum Gasteiger partial charge on any atom is -0.364 e. The lowest BCUT2D eigenvalue weighted by Crippen LogP contribution is -2.53. The predicted molar refractivity (Wildman–Crippen MR) is 182 cm³/mol. The van der Waals surface area contributed by atoms with E-state index in [1.165, 1.54) is 44.1 Å². The second-order valence-electron chi connectivity index (χ2n) is 14.4. The molecular formula is C38H57N3O5. The Morgan fingerprint density at radius 1 is 0.891 bits per heavy atom. The Morgan fingerprint density at radius 2 is 1.54 bits per heavy atom. The number of aromatic nitrogens is 1. The second-order valence-corrected chi connectivity index (χ2v) is 14.4. The fourth-order valence-electron chi connectivity index (χ4n) is 6.69. The Kier molecular flexibility index (Phi) is 13.0. The highest BCUT2D eigenvalue weighted by atomic mass is 16.7. The number of ketones is 1. The molecule has 2 fully saturated rings. The quantitative estimate of drug-likeness (QED) is 0.159. The molecule has 0 bridgehead atoms. The number of amides is 2. The van der Waals surface area contributed by atoms with E-state index >= 15 is 0 Å². The van der Waals surface area contributed by atoms with E-state index in [1.807, 2.05) is 55.7 Å². The zero-order chi connectivity index (χ0) is 33.2. The van der Waals surface area contributed by atoms with Gasteiger partial charge in [-0.3, -0.25) is 14.4 Å². The first-order valence-corrected chi connectivity index (χ1v) is 17.6. The van der Waals surface area contributed by atoms with Crippen LogP contribution in [-0.4, -0.2) is 77.1 Å². The van der Waals surface area contributed by atoms with Gasteiger partial charge >= 0.3 is 0 Å². The minimum absolute atomic E-state index is 0.0283. The molecule has 8 heteroatoms.